The molecule has 0 bridgehead atoms. The van der Waals surface area contributed by atoms with Crippen molar-refractivity contribution in [1.29, 1.82) is 0 Å². The van der Waals surface area contributed by atoms with Crippen molar-refractivity contribution in [2.24, 2.45) is 11.1 Å². The molecule has 1 aliphatic carbocycles. The number of halogens is 1. The minimum Gasteiger partial charge on any atom is -0.296 e. The second kappa shape index (κ2) is 2.73. The van der Waals surface area contributed by atoms with E-state index in [4.69, 9.17) is 11.6 Å². The van der Waals surface area contributed by atoms with Gasteiger partial charge in [-0.2, -0.15) is 0 Å². The zero-order chi connectivity index (χ0) is 8.65. The Bertz CT molecular complexity index is 269. The number of hydrogen-bond donors (Lipinski definition) is 1. The van der Waals surface area contributed by atoms with Crippen LogP contribution in [0.15, 0.2) is 0 Å². The van der Waals surface area contributed by atoms with Gasteiger partial charge >= 0.3 is 0 Å². The van der Waals surface area contributed by atoms with Gasteiger partial charge in [-0.1, -0.05) is 11.6 Å². The highest BCUT2D eigenvalue weighted by atomic mass is 35.5. The lowest BCUT2D eigenvalue weighted by molar-refractivity contribution is -0.118. The quantitative estimate of drug-likeness (QED) is 0.638. The number of carbonyl (C=O) groups excluding carboxylic acids is 1. The van der Waals surface area contributed by atoms with Crippen molar-refractivity contribution >= 4 is 27.4 Å². The minimum absolute atomic E-state index is 0.171. The van der Waals surface area contributed by atoms with E-state index in [1.165, 1.54) is 0 Å². The van der Waals surface area contributed by atoms with E-state index in [1.54, 1.807) is 0 Å². The fourth-order valence-electron chi connectivity index (χ4n) is 0.715. The Labute approximate surface area is 69.8 Å². The first kappa shape index (κ1) is 8.96. The standard InChI is InChI=1S/C5H8ClNO3S/c6-5(11(7,9)10)4(8)3-1-2-3/h3,5H,1-2H2,(H2,7,9,10). The van der Waals surface area contributed by atoms with Crippen LogP contribution in [0.3, 0.4) is 0 Å². The Morgan fingerprint density at radius 2 is 2.00 bits per heavy atom. The summed E-state index contributed by atoms with van der Waals surface area (Å²) >= 11 is 5.28. The summed E-state index contributed by atoms with van der Waals surface area (Å²) in [7, 11) is -3.89. The first-order valence-corrected chi connectivity index (χ1v) is 5.17. The van der Waals surface area contributed by atoms with Gasteiger partial charge in [-0.15, -0.1) is 0 Å². The number of sulfonamides is 1. The molecule has 0 heterocycles. The van der Waals surface area contributed by atoms with Gasteiger partial charge in [-0.3, -0.25) is 4.79 Å². The van der Waals surface area contributed by atoms with Crippen molar-refractivity contribution in [3.05, 3.63) is 0 Å². The number of hydrogen-bond acceptors (Lipinski definition) is 3. The second-order valence-electron chi connectivity index (χ2n) is 2.58. The van der Waals surface area contributed by atoms with Crippen molar-refractivity contribution in [2.45, 2.75) is 17.6 Å². The van der Waals surface area contributed by atoms with Gasteiger partial charge in [-0.25, -0.2) is 13.6 Å². The Hall–Kier alpha value is -0.130. The monoisotopic (exact) mass is 197 g/mol. The van der Waals surface area contributed by atoms with Crippen molar-refractivity contribution in [1.82, 2.24) is 0 Å². The molecule has 0 saturated heterocycles. The summed E-state index contributed by atoms with van der Waals surface area (Å²) in [4.78, 5) is 11.0. The highest BCUT2D eigenvalue weighted by Crippen LogP contribution is 2.32. The van der Waals surface area contributed by atoms with Gasteiger partial charge in [0.2, 0.25) is 14.7 Å². The van der Waals surface area contributed by atoms with Crippen LogP contribution >= 0.6 is 11.6 Å². The van der Waals surface area contributed by atoms with Crippen LogP contribution in [-0.2, 0) is 14.8 Å². The Balaban J connectivity index is 2.67. The molecule has 0 aromatic carbocycles. The molecule has 0 radical (unpaired) electrons. The molecule has 1 atom stereocenters. The summed E-state index contributed by atoms with van der Waals surface area (Å²) in [6.07, 6.45) is 1.47. The van der Waals surface area contributed by atoms with E-state index in [9.17, 15) is 13.2 Å². The van der Waals surface area contributed by atoms with Crippen LogP contribution in [0.2, 0.25) is 0 Å². The smallest absolute Gasteiger partial charge is 0.233 e. The lowest BCUT2D eigenvalue weighted by Gasteiger charge is -2.02. The predicted molar refractivity (Wildman–Crippen MR) is 40.5 cm³/mol. The van der Waals surface area contributed by atoms with Crippen LogP contribution < -0.4 is 5.14 Å². The maximum absolute atomic E-state index is 11.0. The average molecular weight is 198 g/mol. The third-order valence-corrected chi connectivity index (χ3v) is 3.26. The molecule has 4 nitrogen and oxygen atoms in total. The molecule has 1 aliphatic rings. The Morgan fingerprint density at radius 3 is 2.27 bits per heavy atom. The first-order chi connectivity index (χ1) is 4.93. The predicted octanol–water partition coefficient (Wildman–Crippen LogP) is -0.181. The van der Waals surface area contributed by atoms with Gasteiger partial charge in [-0.05, 0) is 12.8 Å². The number of nitrogens with two attached hydrogens (primary N) is 1. The molecule has 0 aromatic rings. The maximum atomic E-state index is 11.0. The molecule has 1 unspecified atom stereocenters. The van der Waals surface area contributed by atoms with E-state index >= 15 is 0 Å². The number of rotatable bonds is 3. The molecule has 64 valence electrons. The number of alkyl halides is 1. The van der Waals surface area contributed by atoms with Crippen LogP contribution in [0.5, 0.6) is 0 Å². The van der Waals surface area contributed by atoms with E-state index in [0.29, 0.717) is 0 Å². The van der Waals surface area contributed by atoms with Crippen LogP contribution in [0.25, 0.3) is 0 Å². The molecule has 11 heavy (non-hydrogen) atoms. The largest absolute Gasteiger partial charge is 0.296 e. The van der Waals surface area contributed by atoms with Gasteiger partial charge < -0.3 is 0 Å². The zero-order valence-corrected chi connectivity index (χ0v) is 7.23. The summed E-state index contributed by atoms with van der Waals surface area (Å²) in [6, 6.07) is 0. The lowest BCUT2D eigenvalue weighted by Crippen LogP contribution is -2.31. The molecule has 6 heteroatoms. The minimum atomic E-state index is -3.89. The van der Waals surface area contributed by atoms with Crippen molar-refractivity contribution in [3.8, 4) is 0 Å². The number of ketones is 1. The van der Waals surface area contributed by atoms with Crippen LogP contribution in [-0.4, -0.2) is 18.9 Å². The number of carbonyl (C=O) groups is 1. The highest BCUT2D eigenvalue weighted by molar-refractivity contribution is 7.91. The summed E-state index contributed by atoms with van der Waals surface area (Å²) in [5.74, 6) is -0.634. The number of primary sulfonamides is 1. The van der Waals surface area contributed by atoms with Crippen LogP contribution in [0.1, 0.15) is 12.8 Å². The number of Topliss-reactive ketones (excluding diaryl/α,β-unsaturated/α-hetero) is 1. The van der Waals surface area contributed by atoms with Gasteiger partial charge in [0.1, 0.15) is 0 Å². The molecule has 1 saturated carbocycles. The highest BCUT2D eigenvalue weighted by Gasteiger charge is 2.38. The Morgan fingerprint density at radius 1 is 1.55 bits per heavy atom. The molecule has 2 N–H and O–H groups in total. The lowest BCUT2D eigenvalue weighted by atomic mass is 10.3. The SMILES string of the molecule is NS(=O)(=O)C(Cl)C(=O)C1CC1. The third kappa shape index (κ3) is 2.15. The Kier molecular flexibility index (Phi) is 2.22. The molecule has 0 spiro atoms. The van der Waals surface area contributed by atoms with Crippen LogP contribution in [0.4, 0.5) is 0 Å². The van der Waals surface area contributed by atoms with Crippen molar-refractivity contribution in [3.63, 3.8) is 0 Å². The molecular weight excluding hydrogens is 190 g/mol. The second-order valence-corrected chi connectivity index (χ2v) is 4.93. The van der Waals surface area contributed by atoms with Gasteiger partial charge in [0.05, 0.1) is 0 Å². The third-order valence-electron chi connectivity index (χ3n) is 1.49. The van der Waals surface area contributed by atoms with Gasteiger partial charge in [0.15, 0.2) is 5.78 Å². The summed E-state index contributed by atoms with van der Waals surface area (Å²) in [5, 5.41) is 4.66. The molecule has 0 aromatic heterocycles. The summed E-state index contributed by atoms with van der Waals surface area (Å²) in [6.45, 7) is 0. The average Bonchev–Trinajstić information content (AvgIpc) is 2.63. The molecule has 1 rings (SSSR count). The van der Waals surface area contributed by atoms with Gasteiger partial charge in [0.25, 0.3) is 0 Å². The first-order valence-electron chi connectivity index (χ1n) is 3.12. The van der Waals surface area contributed by atoms with Crippen molar-refractivity contribution in [2.75, 3.05) is 0 Å². The molecule has 1 fully saturated rings. The van der Waals surface area contributed by atoms with E-state index in [2.05, 4.69) is 5.14 Å². The molecule has 0 amide bonds. The topological polar surface area (TPSA) is 77.2 Å². The van der Waals surface area contributed by atoms with E-state index < -0.39 is 20.5 Å². The fourth-order valence-corrected chi connectivity index (χ4v) is 1.41. The van der Waals surface area contributed by atoms with Crippen molar-refractivity contribution < 1.29 is 13.2 Å². The molecular formula is C5H8ClNO3S. The van der Waals surface area contributed by atoms with E-state index in [1.807, 2.05) is 0 Å². The normalized spacial score (nSPS) is 21.3. The van der Waals surface area contributed by atoms with E-state index in [-0.39, 0.29) is 5.92 Å². The maximum Gasteiger partial charge on any atom is 0.233 e. The molecule has 0 aliphatic heterocycles. The summed E-state index contributed by atoms with van der Waals surface area (Å²) < 4.78 is 19.5. The van der Waals surface area contributed by atoms with Gasteiger partial charge in [0, 0.05) is 5.92 Å². The summed E-state index contributed by atoms with van der Waals surface area (Å²) in [5.41, 5.74) is 0. The van der Waals surface area contributed by atoms with Crippen LogP contribution in [0, 0.1) is 5.92 Å². The zero-order valence-electron chi connectivity index (χ0n) is 5.66. The van der Waals surface area contributed by atoms with E-state index in [0.717, 1.165) is 12.8 Å². The fraction of sp³-hybridized carbons (Fsp3) is 0.800.